The molecule has 0 atom stereocenters. The van der Waals surface area contributed by atoms with Crippen molar-refractivity contribution in [2.24, 2.45) is 5.92 Å². The average molecular weight is 215 g/mol. The van der Waals surface area contributed by atoms with Gasteiger partial charge in [-0.1, -0.05) is 44.7 Å². The summed E-state index contributed by atoms with van der Waals surface area (Å²) in [5.74, 6) is 0.715. The number of hydrogen-bond donors (Lipinski definition) is 0. The second-order valence-corrected chi connectivity index (χ2v) is 4.30. The van der Waals surface area contributed by atoms with Gasteiger partial charge < -0.3 is 0 Å². The van der Waals surface area contributed by atoms with E-state index in [-0.39, 0.29) is 0 Å². The molecule has 0 aliphatic heterocycles. The van der Waals surface area contributed by atoms with Crippen molar-refractivity contribution in [2.75, 3.05) is 0 Å². The molecule has 0 aliphatic carbocycles. The highest BCUT2D eigenvalue weighted by Gasteiger charge is 2.01. The van der Waals surface area contributed by atoms with E-state index in [1.165, 1.54) is 16.7 Å². The van der Waals surface area contributed by atoms with E-state index in [1.54, 1.807) is 6.08 Å². The third-order valence-electron chi connectivity index (χ3n) is 2.40. The summed E-state index contributed by atoms with van der Waals surface area (Å²) in [7, 11) is 0. The van der Waals surface area contributed by atoms with Crippen LogP contribution in [-0.2, 0) is 12.8 Å². The zero-order chi connectivity index (χ0) is 12.6. The molecule has 1 rings (SSSR count). The van der Waals surface area contributed by atoms with Crippen molar-refractivity contribution in [3.63, 3.8) is 0 Å². The maximum Gasteiger partial charge on any atom is -0.00916 e. The lowest BCUT2D eigenvalue weighted by molar-refractivity contribution is 0.647. The molecule has 16 heavy (non-hydrogen) atoms. The molecule has 1 aromatic carbocycles. The van der Waals surface area contributed by atoms with Gasteiger partial charge in [-0.15, -0.1) is 13.2 Å². The van der Waals surface area contributed by atoms with Crippen molar-refractivity contribution >= 4 is 0 Å². The fourth-order valence-corrected chi connectivity index (χ4v) is 1.67. The maximum absolute atomic E-state index is 5.46. The first-order chi connectivity index (χ1) is 7.63. The molecule has 87 valence electrons. The lowest BCUT2D eigenvalue weighted by Gasteiger charge is -2.09. The van der Waals surface area contributed by atoms with Crippen LogP contribution in [0.4, 0.5) is 0 Å². The molecule has 0 aromatic heterocycles. The Kier molecular flexibility index (Phi) is 7.28. The van der Waals surface area contributed by atoms with Crippen molar-refractivity contribution in [2.45, 2.75) is 33.6 Å². The van der Waals surface area contributed by atoms with E-state index in [0.29, 0.717) is 5.92 Å². The Morgan fingerprint density at radius 3 is 2.44 bits per heavy atom. The number of allylic oxidation sites excluding steroid dienone is 1. The Morgan fingerprint density at radius 2 is 1.94 bits per heavy atom. The first-order valence-electron chi connectivity index (χ1n) is 5.75. The molecular weight excluding hydrogens is 192 g/mol. The van der Waals surface area contributed by atoms with Crippen LogP contribution in [0.25, 0.3) is 0 Å². The van der Waals surface area contributed by atoms with Crippen LogP contribution in [-0.4, -0.2) is 0 Å². The molecule has 0 amide bonds. The predicted molar refractivity (Wildman–Crippen MR) is 73.5 cm³/mol. The summed E-state index contributed by atoms with van der Waals surface area (Å²) in [6.45, 7) is 18.1. The minimum Gasteiger partial charge on any atom is -0.106 e. The SMILES string of the molecule is C=C.[CH]=CCc1cc(CC(C)C)ccc1C. The minimum absolute atomic E-state index is 0.715. The normalized spacial score (nSPS) is 9.50. The fourth-order valence-electron chi connectivity index (χ4n) is 1.67. The molecule has 0 heteroatoms. The van der Waals surface area contributed by atoms with E-state index < -0.39 is 0 Å². The van der Waals surface area contributed by atoms with Crippen molar-refractivity contribution in [3.05, 3.63) is 60.7 Å². The summed E-state index contributed by atoms with van der Waals surface area (Å²) in [5.41, 5.74) is 4.10. The van der Waals surface area contributed by atoms with Crippen LogP contribution in [0.1, 0.15) is 30.5 Å². The van der Waals surface area contributed by atoms with Gasteiger partial charge >= 0.3 is 0 Å². The third kappa shape index (κ3) is 4.97. The van der Waals surface area contributed by atoms with Crippen molar-refractivity contribution < 1.29 is 0 Å². The van der Waals surface area contributed by atoms with Crippen molar-refractivity contribution in [3.8, 4) is 0 Å². The van der Waals surface area contributed by atoms with Gasteiger partial charge in [0.15, 0.2) is 0 Å². The van der Waals surface area contributed by atoms with Gasteiger partial charge in [-0.2, -0.15) is 0 Å². The van der Waals surface area contributed by atoms with E-state index in [9.17, 15) is 0 Å². The Labute approximate surface area is 101 Å². The van der Waals surface area contributed by atoms with E-state index in [0.717, 1.165) is 12.8 Å². The predicted octanol–water partition coefficient (Wildman–Crippen LogP) is 4.53. The molecular formula is C16H23. The molecule has 0 bridgehead atoms. The van der Waals surface area contributed by atoms with Gasteiger partial charge in [0.05, 0.1) is 0 Å². The highest BCUT2D eigenvalue weighted by molar-refractivity contribution is 5.32. The molecule has 0 saturated carbocycles. The molecule has 0 unspecified atom stereocenters. The number of rotatable bonds is 4. The Morgan fingerprint density at radius 1 is 1.31 bits per heavy atom. The largest absolute Gasteiger partial charge is 0.106 e. The summed E-state index contributed by atoms with van der Waals surface area (Å²) < 4.78 is 0. The van der Waals surface area contributed by atoms with Crippen LogP contribution in [0, 0.1) is 19.4 Å². The van der Waals surface area contributed by atoms with Gasteiger partial charge in [-0.3, -0.25) is 0 Å². The van der Waals surface area contributed by atoms with E-state index >= 15 is 0 Å². The van der Waals surface area contributed by atoms with Crippen LogP contribution in [0.3, 0.4) is 0 Å². The van der Waals surface area contributed by atoms with E-state index in [2.05, 4.69) is 52.1 Å². The van der Waals surface area contributed by atoms with Gasteiger partial charge in [0.25, 0.3) is 0 Å². The molecule has 0 aliphatic rings. The minimum atomic E-state index is 0.715. The standard InChI is InChI=1S/C14H19.C2H4/c1-5-6-14-10-13(9-11(2)3)8-7-12(14)4;1-2/h1,5,7-8,10-11H,6,9H2,2-4H3;1-2H2. The van der Waals surface area contributed by atoms with Crippen LogP contribution in [0.5, 0.6) is 0 Å². The number of aryl methyl sites for hydroxylation is 1. The number of hydrogen-bond acceptors (Lipinski definition) is 0. The molecule has 0 saturated heterocycles. The third-order valence-corrected chi connectivity index (χ3v) is 2.40. The maximum atomic E-state index is 5.46. The zero-order valence-corrected chi connectivity index (χ0v) is 10.8. The molecule has 0 spiro atoms. The zero-order valence-electron chi connectivity index (χ0n) is 10.8. The number of benzene rings is 1. The summed E-state index contributed by atoms with van der Waals surface area (Å²) in [4.78, 5) is 0. The summed E-state index contributed by atoms with van der Waals surface area (Å²) >= 11 is 0. The van der Waals surface area contributed by atoms with Crippen LogP contribution < -0.4 is 0 Å². The average Bonchev–Trinajstić information content (AvgIpc) is 2.25. The Balaban J connectivity index is 0.00000106. The Bertz CT molecular complexity index is 321. The molecule has 0 fully saturated rings. The van der Waals surface area contributed by atoms with E-state index in [1.807, 2.05) is 0 Å². The van der Waals surface area contributed by atoms with Gasteiger partial charge in [0.1, 0.15) is 0 Å². The second kappa shape index (κ2) is 7.92. The summed E-state index contributed by atoms with van der Waals surface area (Å²) in [6, 6.07) is 6.69. The second-order valence-electron chi connectivity index (χ2n) is 4.30. The molecule has 1 radical (unpaired) electrons. The lowest BCUT2D eigenvalue weighted by Crippen LogP contribution is -1.96. The van der Waals surface area contributed by atoms with Gasteiger partial charge in [0.2, 0.25) is 0 Å². The van der Waals surface area contributed by atoms with E-state index in [4.69, 9.17) is 6.58 Å². The first kappa shape index (κ1) is 14.7. The molecule has 0 N–H and O–H groups in total. The van der Waals surface area contributed by atoms with Crippen molar-refractivity contribution in [1.29, 1.82) is 0 Å². The van der Waals surface area contributed by atoms with Crippen LogP contribution >= 0.6 is 0 Å². The van der Waals surface area contributed by atoms with Gasteiger partial charge in [-0.05, 0) is 42.4 Å². The van der Waals surface area contributed by atoms with Crippen LogP contribution in [0.15, 0.2) is 37.4 Å². The van der Waals surface area contributed by atoms with Gasteiger partial charge in [0, 0.05) is 0 Å². The highest BCUT2D eigenvalue weighted by atomic mass is 14.1. The molecule has 1 aromatic rings. The smallest absolute Gasteiger partial charge is 0.00916 e. The monoisotopic (exact) mass is 215 g/mol. The van der Waals surface area contributed by atoms with Gasteiger partial charge in [-0.25, -0.2) is 0 Å². The quantitative estimate of drug-likeness (QED) is 0.647. The lowest BCUT2D eigenvalue weighted by atomic mass is 9.97. The summed E-state index contributed by atoms with van der Waals surface area (Å²) in [6.07, 6.45) is 3.75. The van der Waals surface area contributed by atoms with Crippen LogP contribution in [0.2, 0.25) is 0 Å². The summed E-state index contributed by atoms with van der Waals surface area (Å²) in [5, 5.41) is 0. The molecule has 0 heterocycles. The van der Waals surface area contributed by atoms with Crippen molar-refractivity contribution in [1.82, 2.24) is 0 Å². The fraction of sp³-hybridized carbons (Fsp3) is 0.375. The topological polar surface area (TPSA) is 0 Å². The molecule has 0 nitrogen and oxygen atoms in total. The first-order valence-corrected chi connectivity index (χ1v) is 5.75. The highest BCUT2D eigenvalue weighted by Crippen LogP contribution is 2.15. The Hall–Kier alpha value is -1.30.